The number of carbonyl (C=O) groups excluding carboxylic acids is 2. The lowest BCUT2D eigenvalue weighted by molar-refractivity contribution is -0.134. The molecule has 0 aliphatic carbocycles. The molecule has 2 heterocycles. The molecule has 1 saturated heterocycles. The number of nitrogens with one attached hydrogen (secondary N) is 2. The average Bonchev–Trinajstić information content (AvgIpc) is 2.91. The maximum absolute atomic E-state index is 12.7. The number of hydrogen-bond donors (Lipinski definition) is 3. The van der Waals surface area contributed by atoms with Gasteiger partial charge in [0.15, 0.2) is 6.61 Å². The van der Waals surface area contributed by atoms with Crippen LogP contribution in [0.15, 0.2) is 47.6 Å². The highest BCUT2D eigenvalue weighted by Crippen LogP contribution is 2.27. The van der Waals surface area contributed by atoms with E-state index in [1.54, 1.807) is 17.0 Å². The molecule has 2 aromatic carbocycles. The number of amides is 2. The third-order valence-electron chi connectivity index (χ3n) is 6.28. The number of rotatable bonds is 10. The minimum Gasteiger partial charge on any atom is -0.490 e. The number of halogens is 2. The van der Waals surface area contributed by atoms with E-state index >= 15 is 0 Å². The molecule has 2 amide bonds. The van der Waals surface area contributed by atoms with Gasteiger partial charge < -0.3 is 24.8 Å². The van der Waals surface area contributed by atoms with E-state index in [0.29, 0.717) is 43.2 Å². The van der Waals surface area contributed by atoms with E-state index < -0.39 is 6.10 Å². The molecule has 0 unspecified atom stereocenters. The number of carbonyl (C=O) groups is 2. The number of hydrazone groups is 1. The lowest BCUT2D eigenvalue weighted by Gasteiger charge is -2.33. The molecule has 2 aromatic rings. The maximum Gasteiger partial charge on any atom is 0.260 e. The zero-order chi connectivity index (χ0) is 26.2. The fourth-order valence-corrected chi connectivity index (χ4v) is 4.93. The molecule has 1 atom stereocenters. The van der Waals surface area contributed by atoms with Crippen LogP contribution in [0.3, 0.4) is 0 Å². The molecule has 3 N–H and O–H groups in total. The molecule has 2 aliphatic heterocycles. The highest BCUT2D eigenvalue weighted by Gasteiger charge is 2.24. The lowest BCUT2D eigenvalue weighted by Crippen LogP contribution is -2.48. The summed E-state index contributed by atoms with van der Waals surface area (Å²) in [6.07, 6.45) is 1.90. The quantitative estimate of drug-likeness (QED) is 0.345. The number of hydrogen-bond acceptors (Lipinski definition) is 7. The van der Waals surface area contributed by atoms with E-state index in [2.05, 4.69) is 38.4 Å². The maximum atomic E-state index is 12.7. The highest BCUT2D eigenvalue weighted by molar-refractivity contribution is 14.1. The number of piperidine rings is 1. The van der Waals surface area contributed by atoms with Crippen molar-refractivity contribution in [3.05, 3.63) is 56.6 Å². The van der Waals surface area contributed by atoms with Gasteiger partial charge in [-0.1, -0.05) is 23.7 Å². The second-order valence-electron chi connectivity index (χ2n) is 8.99. The number of benzene rings is 2. The van der Waals surface area contributed by atoms with E-state index in [4.69, 9.17) is 21.1 Å². The number of aliphatic hydroxyl groups is 1. The van der Waals surface area contributed by atoms with E-state index in [1.165, 1.54) is 0 Å². The van der Waals surface area contributed by atoms with E-state index in [1.807, 2.05) is 30.3 Å². The largest absolute Gasteiger partial charge is 0.490 e. The minimum atomic E-state index is -0.621. The molecule has 198 valence electrons. The summed E-state index contributed by atoms with van der Waals surface area (Å²) in [6.45, 7) is 1.79. The molecule has 0 saturated carbocycles. The Kier molecular flexibility index (Phi) is 10.0. The van der Waals surface area contributed by atoms with Crippen molar-refractivity contribution in [3.63, 3.8) is 0 Å². The number of nitrogens with zero attached hydrogens (tertiary/aromatic N) is 2. The van der Waals surface area contributed by atoms with Crippen LogP contribution < -0.4 is 20.2 Å². The van der Waals surface area contributed by atoms with Gasteiger partial charge in [0.05, 0.1) is 14.3 Å². The van der Waals surface area contributed by atoms with Crippen LogP contribution in [-0.4, -0.2) is 72.5 Å². The van der Waals surface area contributed by atoms with Gasteiger partial charge in [-0.25, -0.2) is 5.43 Å². The third-order valence-corrected chi connectivity index (χ3v) is 7.46. The summed E-state index contributed by atoms with van der Waals surface area (Å²) in [4.78, 5) is 25.7. The van der Waals surface area contributed by atoms with Gasteiger partial charge in [-0.15, -0.1) is 0 Å². The van der Waals surface area contributed by atoms with Crippen molar-refractivity contribution in [1.29, 1.82) is 0 Å². The SMILES string of the molecule is O=C1CCC(c2ccc(OCC(=O)N3CCC(NC[C@H](O)COc4ccccc4I)CC3)c(Cl)c2)=NN1. The second kappa shape index (κ2) is 13.4. The lowest BCUT2D eigenvalue weighted by atomic mass is 10.0. The molecule has 0 spiro atoms. The fraction of sp³-hybridized carbons (Fsp3) is 0.423. The number of likely N-dealkylation sites (tertiary alicyclic amines) is 1. The summed E-state index contributed by atoms with van der Waals surface area (Å²) in [5, 5.41) is 18.1. The molecule has 37 heavy (non-hydrogen) atoms. The first-order valence-electron chi connectivity index (χ1n) is 12.2. The van der Waals surface area contributed by atoms with Gasteiger partial charge in [0, 0.05) is 38.5 Å². The van der Waals surface area contributed by atoms with E-state index in [0.717, 1.165) is 33.4 Å². The smallest absolute Gasteiger partial charge is 0.260 e. The van der Waals surface area contributed by atoms with Gasteiger partial charge in [-0.05, 0) is 71.3 Å². The molecule has 9 nitrogen and oxygen atoms in total. The van der Waals surface area contributed by atoms with Gasteiger partial charge >= 0.3 is 0 Å². The number of ether oxygens (including phenoxy) is 2. The Balaban J connectivity index is 1.15. The van der Waals surface area contributed by atoms with Crippen LogP contribution in [0.2, 0.25) is 5.02 Å². The summed E-state index contributed by atoms with van der Waals surface area (Å²) in [6, 6.07) is 13.2. The van der Waals surface area contributed by atoms with E-state index in [-0.39, 0.29) is 31.1 Å². The van der Waals surface area contributed by atoms with Crippen molar-refractivity contribution in [3.8, 4) is 11.5 Å². The molecule has 0 bridgehead atoms. The van der Waals surface area contributed by atoms with Gasteiger partial charge in [0.25, 0.3) is 5.91 Å². The second-order valence-corrected chi connectivity index (χ2v) is 10.6. The molecule has 11 heteroatoms. The van der Waals surface area contributed by atoms with Crippen LogP contribution in [0.25, 0.3) is 0 Å². The Morgan fingerprint density at radius 1 is 1.19 bits per heavy atom. The Labute approximate surface area is 234 Å². The first-order valence-corrected chi connectivity index (χ1v) is 13.7. The molecular weight excluding hydrogens is 611 g/mol. The minimum absolute atomic E-state index is 0.0936. The first-order chi connectivity index (χ1) is 17.9. The normalized spacial score (nSPS) is 17.1. The molecule has 1 fully saturated rings. The first kappa shape index (κ1) is 27.6. The van der Waals surface area contributed by atoms with Crippen molar-refractivity contribution >= 4 is 51.7 Å². The molecule has 2 aliphatic rings. The van der Waals surface area contributed by atoms with Crippen LogP contribution >= 0.6 is 34.2 Å². The summed E-state index contributed by atoms with van der Waals surface area (Å²) in [5.74, 6) is 0.997. The highest BCUT2D eigenvalue weighted by atomic mass is 127. The topological polar surface area (TPSA) is 112 Å². The zero-order valence-corrected chi connectivity index (χ0v) is 23.2. The van der Waals surface area contributed by atoms with Crippen molar-refractivity contribution in [1.82, 2.24) is 15.6 Å². The number of para-hydroxylation sites is 1. The predicted octanol–water partition coefficient (Wildman–Crippen LogP) is 2.96. The van der Waals surface area contributed by atoms with Gasteiger partial charge in [0.1, 0.15) is 24.2 Å². The fourth-order valence-electron chi connectivity index (χ4n) is 4.15. The summed E-state index contributed by atoms with van der Waals surface area (Å²) in [7, 11) is 0. The Hall–Kier alpha value is -2.41. The van der Waals surface area contributed by atoms with Crippen LogP contribution in [0.5, 0.6) is 11.5 Å². The summed E-state index contributed by atoms with van der Waals surface area (Å²) >= 11 is 8.57. The Morgan fingerprint density at radius 3 is 2.68 bits per heavy atom. The van der Waals surface area contributed by atoms with Crippen molar-refractivity contribution in [2.24, 2.45) is 5.10 Å². The van der Waals surface area contributed by atoms with Crippen LogP contribution in [-0.2, 0) is 9.59 Å². The Bertz CT molecular complexity index is 1140. The predicted molar refractivity (Wildman–Crippen MR) is 149 cm³/mol. The van der Waals surface area contributed by atoms with Crippen molar-refractivity contribution in [2.75, 3.05) is 32.8 Å². The van der Waals surface area contributed by atoms with Gasteiger partial charge in [-0.3, -0.25) is 9.59 Å². The monoisotopic (exact) mass is 640 g/mol. The molecule has 4 rings (SSSR count). The zero-order valence-electron chi connectivity index (χ0n) is 20.3. The molecular formula is C26H30ClIN4O5. The molecule has 0 radical (unpaired) electrons. The van der Waals surface area contributed by atoms with Crippen molar-refractivity contribution < 1.29 is 24.2 Å². The van der Waals surface area contributed by atoms with Crippen molar-refractivity contribution in [2.45, 2.75) is 37.8 Å². The third kappa shape index (κ3) is 8.03. The van der Waals surface area contributed by atoms with Crippen LogP contribution in [0, 0.1) is 3.57 Å². The molecule has 0 aromatic heterocycles. The summed E-state index contributed by atoms with van der Waals surface area (Å²) in [5.41, 5.74) is 4.04. The average molecular weight is 641 g/mol. The van der Waals surface area contributed by atoms with E-state index in [9.17, 15) is 14.7 Å². The number of aliphatic hydroxyl groups excluding tert-OH is 1. The van der Waals surface area contributed by atoms with Gasteiger partial charge in [0.2, 0.25) is 5.91 Å². The standard InChI is InChI=1S/C26H30ClIN4O5/c27-20-13-17(22-6-8-25(34)31-30-22)5-7-23(20)37-16-26(35)32-11-9-18(10-12-32)29-14-19(33)15-36-24-4-2-1-3-21(24)28/h1-5,7,13,18-19,29,33H,6,8-12,14-16H2,(H,31,34)/t19-/m0/s1. The van der Waals surface area contributed by atoms with Crippen LogP contribution in [0.1, 0.15) is 31.2 Å². The van der Waals surface area contributed by atoms with Crippen LogP contribution in [0.4, 0.5) is 0 Å². The van der Waals surface area contributed by atoms with Gasteiger partial charge in [-0.2, -0.15) is 5.10 Å². The summed E-state index contributed by atoms with van der Waals surface area (Å²) < 4.78 is 12.4. The Morgan fingerprint density at radius 2 is 1.97 bits per heavy atom.